The molecule has 0 aliphatic carbocycles. The maximum atomic E-state index is 4.50. The highest BCUT2D eigenvalue weighted by molar-refractivity contribution is 5.99. The molecule has 1 aromatic carbocycles. The lowest BCUT2D eigenvalue weighted by molar-refractivity contribution is -0.00000367. The summed E-state index contributed by atoms with van der Waals surface area (Å²) in [4.78, 5) is 7.01. The number of halogens is 1. The molecular weight excluding hydrogens is 258 g/mol. The number of nitrogens with one attached hydrogen (secondary N) is 1. The average Bonchev–Trinajstić information content (AvgIpc) is 2.93. The van der Waals surface area contributed by atoms with E-state index in [9.17, 15) is 0 Å². The molecule has 104 valence electrons. The van der Waals surface area contributed by atoms with Gasteiger partial charge in [0.15, 0.2) is 0 Å². The van der Waals surface area contributed by atoms with Crippen LogP contribution in [0.3, 0.4) is 0 Å². The SMILES string of the molecule is [Cl-].c1ccc(N2CCCCC2)c(NC2=NCCC2)c1. The number of rotatable bonds is 2. The Morgan fingerprint density at radius 3 is 2.53 bits per heavy atom. The third-order valence-electron chi connectivity index (χ3n) is 3.75. The van der Waals surface area contributed by atoms with E-state index in [4.69, 9.17) is 0 Å². The fraction of sp³-hybridized carbons (Fsp3) is 0.533. The van der Waals surface area contributed by atoms with Crippen molar-refractivity contribution < 1.29 is 12.4 Å². The molecule has 1 fully saturated rings. The number of nitrogens with zero attached hydrogens (tertiary/aromatic N) is 2. The lowest BCUT2D eigenvalue weighted by Crippen LogP contribution is -3.00. The molecule has 19 heavy (non-hydrogen) atoms. The van der Waals surface area contributed by atoms with Gasteiger partial charge in [0.1, 0.15) is 5.84 Å². The highest BCUT2D eigenvalue weighted by atomic mass is 35.5. The van der Waals surface area contributed by atoms with E-state index >= 15 is 0 Å². The lowest BCUT2D eigenvalue weighted by Gasteiger charge is -2.30. The number of amidine groups is 1. The van der Waals surface area contributed by atoms with Crippen molar-refractivity contribution in [3.05, 3.63) is 24.3 Å². The average molecular weight is 279 g/mol. The molecule has 3 rings (SSSR count). The predicted molar refractivity (Wildman–Crippen MR) is 77.7 cm³/mol. The van der Waals surface area contributed by atoms with Crippen LogP contribution >= 0.6 is 0 Å². The van der Waals surface area contributed by atoms with Crippen LogP contribution in [0.4, 0.5) is 11.4 Å². The van der Waals surface area contributed by atoms with Gasteiger partial charge < -0.3 is 22.6 Å². The fourth-order valence-corrected chi connectivity index (χ4v) is 2.79. The van der Waals surface area contributed by atoms with E-state index in [1.807, 2.05) is 0 Å². The number of benzene rings is 1. The van der Waals surface area contributed by atoms with Gasteiger partial charge in [-0.3, -0.25) is 4.99 Å². The van der Waals surface area contributed by atoms with Crippen LogP contribution in [-0.2, 0) is 0 Å². The monoisotopic (exact) mass is 278 g/mol. The van der Waals surface area contributed by atoms with Crippen molar-refractivity contribution in [2.45, 2.75) is 32.1 Å². The van der Waals surface area contributed by atoms with Gasteiger partial charge in [-0.15, -0.1) is 0 Å². The Balaban J connectivity index is 0.00000133. The van der Waals surface area contributed by atoms with Crippen molar-refractivity contribution in [1.29, 1.82) is 0 Å². The van der Waals surface area contributed by atoms with Gasteiger partial charge in [-0.25, -0.2) is 0 Å². The molecule has 2 aliphatic heterocycles. The second-order valence-electron chi connectivity index (χ2n) is 5.12. The van der Waals surface area contributed by atoms with Crippen LogP contribution in [0, 0.1) is 0 Å². The highest BCUT2D eigenvalue weighted by Crippen LogP contribution is 2.28. The summed E-state index contributed by atoms with van der Waals surface area (Å²) < 4.78 is 0. The molecule has 0 spiro atoms. The number of para-hydroxylation sites is 2. The molecule has 0 aromatic heterocycles. The Morgan fingerprint density at radius 2 is 1.79 bits per heavy atom. The second-order valence-corrected chi connectivity index (χ2v) is 5.12. The molecule has 1 saturated heterocycles. The van der Waals surface area contributed by atoms with Crippen molar-refractivity contribution in [3.63, 3.8) is 0 Å². The maximum Gasteiger partial charge on any atom is 0.101 e. The minimum atomic E-state index is 0. The third-order valence-corrected chi connectivity index (χ3v) is 3.75. The molecule has 0 unspecified atom stereocenters. The smallest absolute Gasteiger partial charge is 0.101 e. The van der Waals surface area contributed by atoms with E-state index in [1.165, 1.54) is 50.1 Å². The third kappa shape index (κ3) is 3.41. The van der Waals surface area contributed by atoms with Gasteiger partial charge in [-0.2, -0.15) is 0 Å². The molecule has 0 bridgehead atoms. The number of hydrogen-bond acceptors (Lipinski definition) is 3. The zero-order chi connectivity index (χ0) is 12.2. The van der Waals surface area contributed by atoms with E-state index in [2.05, 4.69) is 39.5 Å². The van der Waals surface area contributed by atoms with Crippen LogP contribution in [-0.4, -0.2) is 25.5 Å². The Bertz CT molecular complexity index is 439. The molecule has 0 radical (unpaired) electrons. The molecule has 0 atom stereocenters. The molecular formula is C15H21ClN3-. The molecule has 0 amide bonds. The van der Waals surface area contributed by atoms with Gasteiger partial charge in [0, 0.05) is 26.1 Å². The fourth-order valence-electron chi connectivity index (χ4n) is 2.79. The van der Waals surface area contributed by atoms with E-state index in [1.54, 1.807) is 0 Å². The minimum absolute atomic E-state index is 0. The summed E-state index contributed by atoms with van der Waals surface area (Å²) in [6.45, 7) is 3.35. The quantitative estimate of drug-likeness (QED) is 0.842. The summed E-state index contributed by atoms with van der Waals surface area (Å²) in [6, 6.07) is 8.63. The Hall–Kier alpha value is -1.22. The van der Waals surface area contributed by atoms with Gasteiger partial charge in [0.25, 0.3) is 0 Å². The zero-order valence-corrected chi connectivity index (χ0v) is 12.0. The number of piperidine rings is 1. The molecule has 1 aromatic rings. The van der Waals surface area contributed by atoms with Crippen molar-refractivity contribution in [3.8, 4) is 0 Å². The van der Waals surface area contributed by atoms with Gasteiger partial charge in [0.2, 0.25) is 0 Å². The molecule has 2 heterocycles. The van der Waals surface area contributed by atoms with Gasteiger partial charge >= 0.3 is 0 Å². The summed E-state index contributed by atoms with van der Waals surface area (Å²) in [5, 5.41) is 3.52. The maximum absolute atomic E-state index is 4.50. The molecule has 3 nitrogen and oxygen atoms in total. The van der Waals surface area contributed by atoms with Crippen molar-refractivity contribution in [2.24, 2.45) is 4.99 Å². The van der Waals surface area contributed by atoms with Gasteiger partial charge in [-0.05, 0) is 37.8 Å². The summed E-state index contributed by atoms with van der Waals surface area (Å²) in [5.41, 5.74) is 2.56. The van der Waals surface area contributed by atoms with Crippen molar-refractivity contribution in [2.75, 3.05) is 29.9 Å². The standard InChI is InChI=1S/C15H21N3.ClH/c1-4-11-18(12-5-1)14-8-3-2-7-13(14)17-15-9-6-10-16-15;/h2-3,7-8H,1,4-6,9-12H2,(H,16,17);1H/p-1. The summed E-state index contributed by atoms with van der Waals surface area (Å²) in [6.07, 6.45) is 6.28. The first-order valence-corrected chi connectivity index (χ1v) is 7.08. The molecule has 1 N–H and O–H groups in total. The van der Waals surface area contributed by atoms with Crippen molar-refractivity contribution >= 4 is 17.2 Å². The first-order chi connectivity index (χ1) is 8.93. The van der Waals surface area contributed by atoms with Crippen LogP contribution in [0.5, 0.6) is 0 Å². The topological polar surface area (TPSA) is 27.6 Å². The number of anilines is 2. The lowest BCUT2D eigenvalue weighted by atomic mass is 10.1. The van der Waals surface area contributed by atoms with Crippen LogP contribution < -0.4 is 22.6 Å². The molecule has 2 aliphatic rings. The second kappa shape index (κ2) is 6.80. The predicted octanol–water partition coefficient (Wildman–Crippen LogP) is 0.285. The first kappa shape index (κ1) is 14.2. The Morgan fingerprint density at radius 1 is 1.00 bits per heavy atom. The summed E-state index contributed by atoms with van der Waals surface area (Å²) in [5.74, 6) is 1.15. The zero-order valence-electron chi connectivity index (χ0n) is 11.2. The van der Waals surface area contributed by atoms with Crippen LogP contribution in [0.25, 0.3) is 0 Å². The number of aliphatic imine (C=N–C) groups is 1. The number of hydrogen-bond donors (Lipinski definition) is 1. The highest BCUT2D eigenvalue weighted by Gasteiger charge is 2.15. The minimum Gasteiger partial charge on any atom is -1.00 e. The van der Waals surface area contributed by atoms with Crippen LogP contribution in [0.15, 0.2) is 29.3 Å². The summed E-state index contributed by atoms with van der Waals surface area (Å²) in [7, 11) is 0. The van der Waals surface area contributed by atoms with Crippen molar-refractivity contribution in [1.82, 2.24) is 0 Å². The van der Waals surface area contributed by atoms with Crippen LogP contribution in [0.1, 0.15) is 32.1 Å². The Kier molecular flexibility index (Phi) is 5.08. The normalized spacial score (nSPS) is 18.7. The van der Waals surface area contributed by atoms with E-state index in [-0.39, 0.29) is 12.4 Å². The van der Waals surface area contributed by atoms with E-state index in [0.29, 0.717) is 0 Å². The van der Waals surface area contributed by atoms with Crippen LogP contribution in [0.2, 0.25) is 0 Å². The van der Waals surface area contributed by atoms with Gasteiger partial charge in [-0.1, -0.05) is 12.1 Å². The van der Waals surface area contributed by atoms with Gasteiger partial charge in [0.05, 0.1) is 11.4 Å². The van der Waals surface area contributed by atoms with E-state index in [0.717, 1.165) is 18.8 Å². The first-order valence-electron chi connectivity index (χ1n) is 7.08. The summed E-state index contributed by atoms with van der Waals surface area (Å²) >= 11 is 0. The molecule has 0 saturated carbocycles. The van der Waals surface area contributed by atoms with E-state index < -0.39 is 0 Å². The molecule has 4 heteroatoms. The largest absolute Gasteiger partial charge is 1.00 e. The Labute approximate surface area is 121 Å².